The highest BCUT2D eigenvalue weighted by atomic mass is 32.2. The van der Waals surface area contributed by atoms with Crippen LogP contribution in [0.1, 0.15) is 55.2 Å². The van der Waals surface area contributed by atoms with Crippen molar-refractivity contribution in [3.8, 4) is 0 Å². The Morgan fingerprint density at radius 2 is 1.82 bits per heavy atom. The second-order valence-electron chi connectivity index (χ2n) is 8.67. The Labute approximate surface area is 202 Å². The van der Waals surface area contributed by atoms with Crippen LogP contribution in [-0.2, 0) is 37.3 Å². The first-order chi connectivity index (χ1) is 16.4. The van der Waals surface area contributed by atoms with Gasteiger partial charge in [-0.2, -0.15) is 4.31 Å². The molecular weight excluding hydrogens is 457 g/mol. The number of nitrogens with zero attached hydrogens (tertiary/aromatic N) is 1. The van der Waals surface area contributed by atoms with Gasteiger partial charge in [-0.1, -0.05) is 49.2 Å². The molecule has 0 aliphatic carbocycles. The molecule has 0 bridgehead atoms. The number of rotatable bonds is 12. The number of carbonyl (C=O) groups is 1. The number of esters is 1. The first-order valence-electron chi connectivity index (χ1n) is 11.9. The number of halogens is 1. The molecule has 186 valence electrons. The summed E-state index contributed by atoms with van der Waals surface area (Å²) in [5.41, 5.74) is 1.75. The van der Waals surface area contributed by atoms with Crippen molar-refractivity contribution in [2.24, 2.45) is 0 Å². The van der Waals surface area contributed by atoms with Crippen LogP contribution in [0.2, 0.25) is 0 Å². The molecule has 0 radical (unpaired) electrons. The number of hydrogen-bond acceptors (Lipinski definition) is 5. The van der Waals surface area contributed by atoms with Crippen LogP contribution in [-0.4, -0.2) is 45.0 Å². The Morgan fingerprint density at radius 3 is 2.56 bits per heavy atom. The standard InChI is InChI=1S/C26H34FNO5S/c1-20-15-16-24(34(30,31)28-17-10-14-23(28)26(29)32-2)22(25(20)27)13-8-3-4-9-18-33-19-21-11-6-5-7-12-21/h5-7,11-12,15-16,23H,3-4,8-10,13-14,17-19H2,1-2H3/t23-/m0/s1. The van der Waals surface area contributed by atoms with Crippen LogP contribution in [0.15, 0.2) is 47.4 Å². The quantitative estimate of drug-likeness (QED) is 0.316. The molecule has 1 atom stereocenters. The summed E-state index contributed by atoms with van der Waals surface area (Å²) in [6, 6.07) is 12.1. The van der Waals surface area contributed by atoms with Gasteiger partial charge in [-0.3, -0.25) is 4.79 Å². The number of methoxy groups -OCH3 is 1. The Hall–Kier alpha value is -2.29. The van der Waals surface area contributed by atoms with Crippen molar-refractivity contribution in [2.45, 2.75) is 69.4 Å². The lowest BCUT2D eigenvalue weighted by molar-refractivity contribution is -0.144. The van der Waals surface area contributed by atoms with Crippen molar-refractivity contribution < 1.29 is 27.1 Å². The summed E-state index contributed by atoms with van der Waals surface area (Å²) in [7, 11) is -2.78. The number of ether oxygens (including phenoxy) is 2. The Bertz CT molecular complexity index is 1060. The summed E-state index contributed by atoms with van der Waals surface area (Å²) >= 11 is 0. The van der Waals surface area contributed by atoms with Crippen LogP contribution < -0.4 is 0 Å². The Balaban J connectivity index is 1.57. The van der Waals surface area contributed by atoms with E-state index in [0.717, 1.165) is 29.1 Å². The number of unbranched alkanes of at least 4 members (excludes halogenated alkanes) is 3. The number of aryl methyl sites for hydroxylation is 1. The highest BCUT2D eigenvalue weighted by molar-refractivity contribution is 7.89. The summed E-state index contributed by atoms with van der Waals surface area (Å²) in [6.07, 6.45) is 4.61. The molecule has 6 nitrogen and oxygen atoms in total. The normalized spacial score (nSPS) is 16.6. The van der Waals surface area contributed by atoms with Gasteiger partial charge >= 0.3 is 5.97 Å². The van der Waals surface area contributed by atoms with Crippen LogP contribution in [0.3, 0.4) is 0 Å². The first-order valence-corrected chi connectivity index (χ1v) is 13.3. The molecular formula is C26H34FNO5S. The van der Waals surface area contributed by atoms with Crippen molar-refractivity contribution >= 4 is 16.0 Å². The maximum atomic E-state index is 15.0. The van der Waals surface area contributed by atoms with E-state index in [9.17, 15) is 13.2 Å². The fourth-order valence-corrected chi connectivity index (χ4v) is 6.24. The fourth-order valence-electron chi connectivity index (χ4n) is 4.34. The number of hydrogen-bond donors (Lipinski definition) is 0. The predicted octanol–water partition coefficient (Wildman–Crippen LogP) is 4.78. The summed E-state index contributed by atoms with van der Waals surface area (Å²) < 4.78 is 53.5. The zero-order valence-electron chi connectivity index (χ0n) is 20.0. The van der Waals surface area contributed by atoms with Gasteiger partial charge in [0.2, 0.25) is 10.0 Å². The van der Waals surface area contributed by atoms with Gasteiger partial charge in [0.25, 0.3) is 0 Å². The molecule has 1 aliphatic rings. The van der Waals surface area contributed by atoms with E-state index in [1.54, 1.807) is 6.92 Å². The average Bonchev–Trinajstić information content (AvgIpc) is 3.34. The van der Waals surface area contributed by atoms with Crippen LogP contribution in [0.4, 0.5) is 4.39 Å². The summed E-state index contributed by atoms with van der Waals surface area (Å²) in [4.78, 5) is 12.1. The maximum Gasteiger partial charge on any atom is 0.324 e. The number of carbonyl (C=O) groups excluding carboxylic acids is 1. The highest BCUT2D eigenvalue weighted by Gasteiger charge is 2.41. The molecule has 0 N–H and O–H groups in total. The Kier molecular flexibility index (Phi) is 9.62. The van der Waals surface area contributed by atoms with Crippen molar-refractivity contribution in [2.75, 3.05) is 20.3 Å². The number of benzene rings is 2. The minimum absolute atomic E-state index is 0.0439. The second-order valence-corrected chi connectivity index (χ2v) is 10.5. The van der Waals surface area contributed by atoms with E-state index in [1.807, 2.05) is 30.3 Å². The van der Waals surface area contributed by atoms with Crippen molar-refractivity contribution in [1.82, 2.24) is 4.31 Å². The minimum Gasteiger partial charge on any atom is -0.468 e. The van der Waals surface area contributed by atoms with Gasteiger partial charge in [-0.15, -0.1) is 0 Å². The van der Waals surface area contributed by atoms with Gasteiger partial charge in [0.1, 0.15) is 11.9 Å². The van der Waals surface area contributed by atoms with E-state index in [1.165, 1.54) is 19.2 Å². The molecule has 0 aromatic heterocycles. The second kappa shape index (κ2) is 12.4. The van der Waals surface area contributed by atoms with E-state index in [4.69, 9.17) is 9.47 Å². The SMILES string of the molecule is COC(=O)[C@@H]1CCCN1S(=O)(=O)c1ccc(C)c(F)c1CCCCCCOCc1ccccc1. The van der Waals surface area contributed by atoms with Crippen molar-refractivity contribution in [3.05, 3.63) is 65.0 Å². The third-order valence-corrected chi connectivity index (χ3v) is 8.23. The smallest absolute Gasteiger partial charge is 0.324 e. The Morgan fingerprint density at radius 1 is 1.09 bits per heavy atom. The van der Waals surface area contributed by atoms with Crippen molar-refractivity contribution in [3.63, 3.8) is 0 Å². The van der Waals surface area contributed by atoms with E-state index in [-0.39, 0.29) is 17.0 Å². The third-order valence-electron chi connectivity index (χ3n) is 6.23. The summed E-state index contributed by atoms with van der Waals surface area (Å²) in [5.74, 6) is -1.06. The molecule has 0 unspecified atom stereocenters. The minimum atomic E-state index is -4.02. The van der Waals surface area contributed by atoms with E-state index in [2.05, 4.69) is 0 Å². The highest BCUT2D eigenvalue weighted by Crippen LogP contribution is 2.31. The van der Waals surface area contributed by atoms with Gasteiger partial charge in [0.15, 0.2) is 0 Å². The summed E-state index contributed by atoms with van der Waals surface area (Å²) in [6.45, 7) is 3.09. The number of sulfonamides is 1. The molecule has 1 fully saturated rings. The zero-order valence-corrected chi connectivity index (χ0v) is 20.8. The molecule has 0 saturated carbocycles. The van der Waals surface area contributed by atoms with Crippen LogP contribution in [0.5, 0.6) is 0 Å². The van der Waals surface area contributed by atoms with Crippen LogP contribution in [0.25, 0.3) is 0 Å². The predicted molar refractivity (Wildman–Crippen MR) is 128 cm³/mol. The average molecular weight is 492 g/mol. The van der Waals surface area contributed by atoms with Crippen LogP contribution in [0, 0.1) is 12.7 Å². The van der Waals surface area contributed by atoms with E-state index >= 15 is 4.39 Å². The molecule has 0 amide bonds. The topological polar surface area (TPSA) is 72.9 Å². The van der Waals surface area contributed by atoms with E-state index < -0.39 is 27.9 Å². The molecule has 3 rings (SSSR count). The fraction of sp³-hybridized carbons (Fsp3) is 0.500. The summed E-state index contributed by atoms with van der Waals surface area (Å²) in [5, 5.41) is 0. The lowest BCUT2D eigenvalue weighted by Crippen LogP contribution is -2.41. The zero-order chi connectivity index (χ0) is 24.6. The first kappa shape index (κ1) is 26.3. The van der Waals surface area contributed by atoms with Gasteiger partial charge < -0.3 is 9.47 Å². The molecule has 2 aromatic carbocycles. The third kappa shape index (κ3) is 6.43. The van der Waals surface area contributed by atoms with Gasteiger partial charge in [0.05, 0.1) is 18.6 Å². The largest absolute Gasteiger partial charge is 0.468 e. The van der Waals surface area contributed by atoms with Gasteiger partial charge in [0, 0.05) is 18.7 Å². The molecule has 2 aromatic rings. The molecule has 1 aliphatic heterocycles. The monoisotopic (exact) mass is 491 g/mol. The van der Waals surface area contributed by atoms with Crippen LogP contribution >= 0.6 is 0 Å². The van der Waals surface area contributed by atoms with Gasteiger partial charge in [-0.05, 0) is 56.2 Å². The lowest BCUT2D eigenvalue weighted by Gasteiger charge is -2.24. The molecule has 34 heavy (non-hydrogen) atoms. The van der Waals surface area contributed by atoms with Gasteiger partial charge in [-0.25, -0.2) is 12.8 Å². The van der Waals surface area contributed by atoms with E-state index in [0.29, 0.717) is 44.5 Å². The molecule has 1 heterocycles. The molecule has 8 heteroatoms. The maximum absolute atomic E-state index is 15.0. The molecule has 1 saturated heterocycles. The molecule has 0 spiro atoms. The van der Waals surface area contributed by atoms with Crippen molar-refractivity contribution in [1.29, 1.82) is 0 Å². The lowest BCUT2D eigenvalue weighted by atomic mass is 10.0.